The molecule has 4 nitrogen and oxygen atoms in total. The first-order chi connectivity index (χ1) is 8.08. The van der Waals surface area contributed by atoms with Crippen molar-refractivity contribution in [2.75, 3.05) is 5.32 Å². The Kier molecular flexibility index (Phi) is 3.91. The third-order valence-corrected chi connectivity index (χ3v) is 3.24. The molecule has 17 heavy (non-hydrogen) atoms. The Bertz CT molecular complexity index is 521. The molecular formula is C10H8BrCl2N3O. The second kappa shape index (κ2) is 5.25. The van der Waals surface area contributed by atoms with Gasteiger partial charge in [-0.05, 0) is 19.1 Å². The van der Waals surface area contributed by atoms with E-state index in [9.17, 15) is 0 Å². The molecule has 7 heteroatoms. The highest BCUT2D eigenvalue weighted by atomic mass is 79.9. The second-order valence-electron chi connectivity index (χ2n) is 3.39. The standard InChI is InChI=1S/C10H8BrCl2N3O/c1-5-9(16-17-15-5)4-14-10-7(12)2-6(11)3-8(10)13/h2-3,14H,4H2,1H3. The molecule has 0 unspecified atom stereocenters. The van der Waals surface area contributed by atoms with Gasteiger partial charge in [-0.1, -0.05) is 49.4 Å². The molecule has 0 fully saturated rings. The molecule has 1 aromatic heterocycles. The average Bonchev–Trinajstić information content (AvgIpc) is 2.62. The summed E-state index contributed by atoms with van der Waals surface area (Å²) in [5, 5.41) is 11.6. The lowest BCUT2D eigenvalue weighted by atomic mass is 10.3. The number of hydrogen-bond donors (Lipinski definition) is 1. The topological polar surface area (TPSA) is 51.0 Å². The fraction of sp³-hybridized carbons (Fsp3) is 0.200. The molecule has 2 aromatic rings. The predicted molar refractivity (Wildman–Crippen MR) is 70.5 cm³/mol. The van der Waals surface area contributed by atoms with Crippen LogP contribution in [0.3, 0.4) is 0 Å². The Morgan fingerprint density at radius 2 is 1.94 bits per heavy atom. The molecule has 0 aliphatic rings. The lowest BCUT2D eigenvalue weighted by Gasteiger charge is -2.09. The average molecular weight is 337 g/mol. The van der Waals surface area contributed by atoms with Crippen LogP contribution in [-0.2, 0) is 6.54 Å². The van der Waals surface area contributed by atoms with Crippen LogP contribution in [-0.4, -0.2) is 10.3 Å². The number of aromatic nitrogens is 2. The van der Waals surface area contributed by atoms with Crippen molar-refractivity contribution in [3.8, 4) is 0 Å². The highest BCUT2D eigenvalue weighted by Gasteiger charge is 2.10. The van der Waals surface area contributed by atoms with E-state index in [1.165, 1.54) is 0 Å². The van der Waals surface area contributed by atoms with E-state index in [1.54, 1.807) is 12.1 Å². The van der Waals surface area contributed by atoms with Gasteiger partial charge in [0.25, 0.3) is 0 Å². The lowest BCUT2D eigenvalue weighted by molar-refractivity contribution is 0.301. The third-order valence-electron chi connectivity index (χ3n) is 2.19. The Labute approximate surface area is 116 Å². The molecule has 0 aliphatic carbocycles. The largest absolute Gasteiger partial charge is 0.377 e. The van der Waals surface area contributed by atoms with Crippen LogP contribution in [0, 0.1) is 6.92 Å². The minimum absolute atomic E-state index is 0.455. The number of aryl methyl sites for hydroxylation is 1. The van der Waals surface area contributed by atoms with Gasteiger partial charge >= 0.3 is 0 Å². The van der Waals surface area contributed by atoms with Crippen molar-refractivity contribution in [1.82, 2.24) is 10.3 Å². The molecule has 90 valence electrons. The van der Waals surface area contributed by atoms with Crippen molar-refractivity contribution in [1.29, 1.82) is 0 Å². The van der Waals surface area contributed by atoms with Crippen LogP contribution >= 0.6 is 39.1 Å². The van der Waals surface area contributed by atoms with Crippen LogP contribution in [0.5, 0.6) is 0 Å². The second-order valence-corrected chi connectivity index (χ2v) is 5.12. The number of anilines is 1. The number of halogens is 3. The number of nitrogens with one attached hydrogen (secondary N) is 1. The first-order valence-electron chi connectivity index (χ1n) is 4.74. The third kappa shape index (κ3) is 2.91. The maximum Gasteiger partial charge on any atom is 0.127 e. The van der Waals surface area contributed by atoms with Gasteiger partial charge in [-0.15, -0.1) is 0 Å². The van der Waals surface area contributed by atoms with Crippen LogP contribution in [0.4, 0.5) is 5.69 Å². The van der Waals surface area contributed by atoms with E-state index >= 15 is 0 Å². The van der Waals surface area contributed by atoms with Crippen molar-refractivity contribution in [2.24, 2.45) is 0 Å². The summed E-state index contributed by atoms with van der Waals surface area (Å²) in [6.07, 6.45) is 0. The zero-order valence-corrected chi connectivity index (χ0v) is 11.9. The fourth-order valence-corrected chi connectivity index (χ4v) is 2.64. The maximum atomic E-state index is 6.08. The van der Waals surface area contributed by atoms with Gasteiger partial charge in [0.1, 0.15) is 11.4 Å². The van der Waals surface area contributed by atoms with Gasteiger partial charge in [0, 0.05) is 4.47 Å². The summed E-state index contributed by atoms with van der Waals surface area (Å²) in [4.78, 5) is 0. The van der Waals surface area contributed by atoms with Crippen molar-refractivity contribution in [3.63, 3.8) is 0 Å². The molecule has 1 N–H and O–H groups in total. The number of hydrogen-bond acceptors (Lipinski definition) is 4. The molecule has 1 aromatic carbocycles. The van der Waals surface area contributed by atoms with Gasteiger partial charge in [-0.2, -0.15) is 0 Å². The first kappa shape index (κ1) is 12.7. The Morgan fingerprint density at radius 3 is 2.47 bits per heavy atom. The summed E-state index contributed by atoms with van der Waals surface area (Å²) < 4.78 is 5.43. The van der Waals surface area contributed by atoms with Crippen molar-refractivity contribution in [2.45, 2.75) is 13.5 Å². The van der Waals surface area contributed by atoms with E-state index in [-0.39, 0.29) is 0 Å². The summed E-state index contributed by atoms with van der Waals surface area (Å²) in [7, 11) is 0. The van der Waals surface area contributed by atoms with Crippen LogP contribution in [0.1, 0.15) is 11.4 Å². The van der Waals surface area contributed by atoms with E-state index < -0.39 is 0 Å². The quantitative estimate of drug-likeness (QED) is 0.918. The van der Waals surface area contributed by atoms with Gasteiger partial charge in [0.15, 0.2) is 0 Å². The molecule has 2 rings (SSSR count). The van der Waals surface area contributed by atoms with Crippen LogP contribution in [0.25, 0.3) is 0 Å². The zero-order chi connectivity index (χ0) is 12.4. The molecule has 0 radical (unpaired) electrons. The maximum absolute atomic E-state index is 6.08. The van der Waals surface area contributed by atoms with E-state index in [1.807, 2.05) is 6.92 Å². The van der Waals surface area contributed by atoms with E-state index in [0.717, 1.165) is 15.9 Å². The van der Waals surface area contributed by atoms with Gasteiger partial charge in [0.2, 0.25) is 0 Å². The van der Waals surface area contributed by atoms with Crippen LogP contribution < -0.4 is 5.32 Å². The molecule has 0 saturated carbocycles. The predicted octanol–water partition coefficient (Wildman–Crippen LogP) is 4.06. The molecule has 0 bridgehead atoms. The summed E-state index contributed by atoms with van der Waals surface area (Å²) in [5.41, 5.74) is 2.13. The Morgan fingerprint density at radius 1 is 1.29 bits per heavy atom. The van der Waals surface area contributed by atoms with Crippen LogP contribution in [0.2, 0.25) is 10.0 Å². The molecule has 0 amide bonds. The van der Waals surface area contributed by atoms with Crippen molar-refractivity contribution < 1.29 is 4.63 Å². The lowest BCUT2D eigenvalue weighted by Crippen LogP contribution is -2.02. The number of nitrogens with zero attached hydrogens (tertiary/aromatic N) is 2. The smallest absolute Gasteiger partial charge is 0.127 e. The number of rotatable bonds is 3. The minimum atomic E-state index is 0.455. The monoisotopic (exact) mass is 335 g/mol. The normalized spacial score (nSPS) is 10.6. The summed E-state index contributed by atoms with van der Waals surface area (Å²) in [6.45, 7) is 2.27. The van der Waals surface area contributed by atoms with Gasteiger partial charge in [0.05, 0.1) is 22.3 Å². The highest BCUT2D eigenvalue weighted by Crippen LogP contribution is 2.34. The molecular weight excluding hydrogens is 329 g/mol. The van der Waals surface area contributed by atoms with Gasteiger partial charge in [-0.25, -0.2) is 4.63 Å². The van der Waals surface area contributed by atoms with E-state index in [2.05, 4.69) is 36.2 Å². The molecule has 1 heterocycles. The summed E-state index contributed by atoms with van der Waals surface area (Å²) in [6, 6.07) is 3.54. The molecule has 0 aliphatic heterocycles. The SMILES string of the molecule is Cc1nonc1CNc1c(Cl)cc(Br)cc1Cl. The summed E-state index contributed by atoms with van der Waals surface area (Å²) in [5.74, 6) is 0. The van der Waals surface area contributed by atoms with Gasteiger partial charge < -0.3 is 5.32 Å². The van der Waals surface area contributed by atoms with Crippen molar-refractivity contribution in [3.05, 3.63) is 38.0 Å². The molecule has 0 saturated heterocycles. The summed E-state index contributed by atoms with van der Waals surface area (Å²) >= 11 is 15.5. The van der Waals surface area contributed by atoms with E-state index in [4.69, 9.17) is 23.2 Å². The number of benzene rings is 1. The van der Waals surface area contributed by atoms with Crippen LogP contribution in [0.15, 0.2) is 21.2 Å². The minimum Gasteiger partial charge on any atom is -0.377 e. The van der Waals surface area contributed by atoms with E-state index in [0.29, 0.717) is 22.3 Å². The Balaban J connectivity index is 2.17. The molecule has 0 spiro atoms. The highest BCUT2D eigenvalue weighted by molar-refractivity contribution is 9.10. The Hall–Kier alpha value is -0.780. The van der Waals surface area contributed by atoms with Crippen molar-refractivity contribution >= 4 is 44.8 Å². The first-order valence-corrected chi connectivity index (χ1v) is 6.29. The molecule has 0 atom stereocenters. The fourth-order valence-electron chi connectivity index (χ4n) is 1.29. The zero-order valence-electron chi connectivity index (χ0n) is 8.80. The van der Waals surface area contributed by atoms with Gasteiger partial charge in [-0.3, -0.25) is 0 Å².